The molecule has 0 spiro atoms. The Morgan fingerprint density at radius 1 is 1.26 bits per heavy atom. The number of hydrogen-bond donors (Lipinski definition) is 2. The fraction of sp³-hybridized carbons (Fsp3) is 0.267. The predicted molar refractivity (Wildman–Crippen MR) is 81.7 cm³/mol. The molecule has 2 N–H and O–H groups in total. The molecule has 0 atom stereocenters. The number of benzene rings is 1. The van der Waals surface area contributed by atoms with E-state index in [2.05, 4.69) is 10.4 Å². The van der Waals surface area contributed by atoms with Crippen molar-refractivity contribution in [2.75, 3.05) is 19.5 Å². The Balaban J connectivity index is 2.04. The molecule has 0 radical (unpaired) electrons. The number of rotatable bonds is 7. The SMILES string of the molecule is COc1ccc(OC)c(CC(=O)Nc2ccn(CC(=O)O)n2)c1. The van der Waals surface area contributed by atoms with Crippen LogP contribution in [0.4, 0.5) is 5.82 Å². The fourth-order valence-electron chi connectivity index (χ4n) is 2.04. The molecule has 1 aromatic heterocycles. The second-order valence-electron chi connectivity index (χ2n) is 4.70. The zero-order chi connectivity index (χ0) is 16.8. The first kappa shape index (κ1) is 16.3. The Bertz CT molecular complexity index is 711. The molecule has 122 valence electrons. The third-order valence-corrected chi connectivity index (χ3v) is 3.04. The molecule has 0 unspecified atom stereocenters. The van der Waals surface area contributed by atoms with Gasteiger partial charge in [0.1, 0.15) is 18.0 Å². The summed E-state index contributed by atoms with van der Waals surface area (Å²) in [4.78, 5) is 22.7. The maximum Gasteiger partial charge on any atom is 0.325 e. The van der Waals surface area contributed by atoms with Crippen LogP contribution in [0.5, 0.6) is 11.5 Å². The lowest BCUT2D eigenvalue weighted by atomic mass is 10.1. The molecule has 0 aliphatic carbocycles. The molecule has 1 amide bonds. The number of anilines is 1. The number of ether oxygens (including phenoxy) is 2. The van der Waals surface area contributed by atoms with Crippen molar-refractivity contribution in [3.05, 3.63) is 36.0 Å². The molecular formula is C15H17N3O5. The van der Waals surface area contributed by atoms with E-state index < -0.39 is 5.97 Å². The highest BCUT2D eigenvalue weighted by Gasteiger charge is 2.12. The zero-order valence-electron chi connectivity index (χ0n) is 12.8. The summed E-state index contributed by atoms with van der Waals surface area (Å²) in [6.45, 7) is -0.264. The van der Waals surface area contributed by atoms with Crippen LogP contribution < -0.4 is 14.8 Å². The van der Waals surface area contributed by atoms with Gasteiger partial charge in [-0.3, -0.25) is 14.3 Å². The minimum atomic E-state index is -1.01. The molecule has 8 heteroatoms. The third kappa shape index (κ3) is 4.47. The highest BCUT2D eigenvalue weighted by Crippen LogP contribution is 2.24. The molecule has 0 aliphatic rings. The van der Waals surface area contributed by atoms with E-state index in [0.29, 0.717) is 17.1 Å². The van der Waals surface area contributed by atoms with Crippen LogP contribution in [0.15, 0.2) is 30.5 Å². The summed E-state index contributed by atoms with van der Waals surface area (Å²) in [6, 6.07) is 6.72. The minimum absolute atomic E-state index is 0.0756. The normalized spacial score (nSPS) is 10.2. The van der Waals surface area contributed by atoms with Gasteiger partial charge in [0.25, 0.3) is 0 Å². The fourth-order valence-corrected chi connectivity index (χ4v) is 2.04. The molecule has 23 heavy (non-hydrogen) atoms. The van der Waals surface area contributed by atoms with E-state index in [-0.39, 0.29) is 24.7 Å². The second-order valence-corrected chi connectivity index (χ2v) is 4.70. The Labute approximate surface area is 132 Å². The van der Waals surface area contributed by atoms with Gasteiger partial charge in [-0.2, -0.15) is 5.10 Å². The summed E-state index contributed by atoms with van der Waals surface area (Å²) in [5, 5.41) is 15.3. The molecule has 2 rings (SSSR count). The van der Waals surface area contributed by atoms with Crippen LogP contribution in [-0.2, 0) is 22.6 Å². The van der Waals surface area contributed by atoms with Crippen molar-refractivity contribution in [2.45, 2.75) is 13.0 Å². The Kier molecular flexibility index (Phi) is 5.19. The van der Waals surface area contributed by atoms with E-state index in [1.54, 1.807) is 25.3 Å². The molecule has 0 fully saturated rings. The van der Waals surface area contributed by atoms with E-state index >= 15 is 0 Å². The smallest absolute Gasteiger partial charge is 0.325 e. The highest BCUT2D eigenvalue weighted by atomic mass is 16.5. The average molecular weight is 319 g/mol. The summed E-state index contributed by atoms with van der Waals surface area (Å²) in [5.41, 5.74) is 0.675. The van der Waals surface area contributed by atoms with Crippen molar-refractivity contribution in [2.24, 2.45) is 0 Å². The Morgan fingerprint density at radius 3 is 2.70 bits per heavy atom. The minimum Gasteiger partial charge on any atom is -0.497 e. The summed E-state index contributed by atoms with van der Waals surface area (Å²) >= 11 is 0. The molecule has 2 aromatic rings. The standard InChI is InChI=1S/C15H17N3O5/c1-22-11-3-4-12(23-2)10(7-11)8-14(19)16-13-5-6-18(17-13)9-15(20)21/h3-7H,8-9H2,1-2H3,(H,20,21)(H,16,17,19). The number of aromatic nitrogens is 2. The van der Waals surface area contributed by atoms with Crippen LogP contribution in [0.2, 0.25) is 0 Å². The Morgan fingerprint density at radius 2 is 2.04 bits per heavy atom. The monoisotopic (exact) mass is 319 g/mol. The Hall–Kier alpha value is -3.03. The number of carboxylic acids is 1. The number of nitrogens with one attached hydrogen (secondary N) is 1. The van der Waals surface area contributed by atoms with E-state index in [4.69, 9.17) is 14.6 Å². The number of methoxy groups -OCH3 is 2. The number of carbonyl (C=O) groups excluding carboxylic acids is 1. The number of amides is 1. The molecule has 1 heterocycles. The van der Waals surface area contributed by atoms with Gasteiger partial charge >= 0.3 is 5.97 Å². The number of nitrogens with zero attached hydrogens (tertiary/aromatic N) is 2. The summed E-state index contributed by atoms with van der Waals surface area (Å²) in [7, 11) is 3.07. The second kappa shape index (κ2) is 7.30. The van der Waals surface area contributed by atoms with Crippen LogP contribution in [0.1, 0.15) is 5.56 Å². The van der Waals surface area contributed by atoms with E-state index in [0.717, 1.165) is 0 Å². The average Bonchev–Trinajstić information content (AvgIpc) is 2.93. The topological polar surface area (TPSA) is 103 Å². The van der Waals surface area contributed by atoms with Gasteiger partial charge in [0.05, 0.1) is 20.6 Å². The number of carbonyl (C=O) groups is 2. The molecule has 0 bridgehead atoms. The molecule has 1 aromatic carbocycles. The van der Waals surface area contributed by atoms with E-state index in [1.165, 1.54) is 24.1 Å². The quantitative estimate of drug-likeness (QED) is 0.794. The van der Waals surface area contributed by atoms with Crippen LogP contribution in [-0.4, -0.2) is 41.0 Å². The first-order chi connectivity index (χ1) is 11.0. The lowest BCUT2D eigenvalue weighted by Crippen LogP contribution is -2.16. The first-order valence-corrected chi connectivity index (χ1v) is 6.78. The largest absolute Gasteiger partial charge is 0.497 e. The summed E-state index contributed by atoms with van der Waals surface area (Å²) in [5.74, 6) is 0.194. The van der Waals surface area contributed by atoms with Gasteiger partial charge in [-0.1, -0.05) is 0 Å². The maximum absolute atomic E-state index is 12.1. The number of carboxylic acid groups (broad SMARTS) is 1. The van der Waals surface area contributed by atoms with Gasteiger partial charge in [-0.15, -0.1) is 0 Å². The first-order valence-electron chi connectivity index (χ1n) is 6.78. The predicted octanol–water partition coefficient (Wildman–Crippen LogP) is 1.17. The highest BCUT2D eigenvalue weighted by molar-refractivity contribution is 5.91. The summed E-state index contributed by atoms with van der Waals surface area (Å²) in [6.07, 6.45) is 1.56. The van der Waals surface area contributed by atoms with Gasteiger partial charge in [0.15, 0.2) is 5.82 Å². The summed E-state index contributed by atoms with van der Waals surface area (Å²) < 4.78 is 11.6. The lowest BCUT2D eigenvalue weighted by Gasteiger charge is -2.10. The molecular weight excluding hydrogens is 302 g/mol. The molecule has 0 saturated carbocycles. The van der Waals surface area contributed by atoms with Gasteiger partial charge in [0, 0.05) is 17.8 Å². The van der Waals surface area contributed by atoms with Gasteiger partial charge in [0.2, 0.25) is 5.91 Å². The van der Waals surface area contributed by atoms with Gasteiger partial charge in [-0.25, -0.2) is 0 Å². The van der Waals surface area contributed by atoms with Crippen molar-refractivity contribution in [1.29, 1.82) is 0 Å². The van der Waals surface area contributed by atoms with E-state index in [9.17, 15) is 9.59 Å². The zero-order valence-corrected chi connectivity index (χ0v) is 12.8. The van der Waals surface area contributed by atoms with Crippen molar-refractivity contribution in [3.63, 3.8) is 0 Å². The van der Waals surface area contributed by atoms with Crippen molar-refractivity contribution < 1.29 is 24.2 Å². The van der Waals surface area contributed by atoms with Crippen LogP contribution in [0.25, 0.3) is 0 Å². The maximum atomic E-state index is 12.1. The molecule has 0 saturated heterocycles. The van der Waals surface area contributed by atoms with Crippen LogP contribution >= 0.6 is 0 Å². The van der Waals surface area contributed by atoms with Crippen molar-refractivity contribution in [3.8, 4) is 11.5 Å². The van der Waals surface area contributed by atoms with Crippen LogP contribution in [0, 0.1) is 0 Å². The molecule has 0 aliphatic heterocycles. The van der Waals surface area contributed by atoms with Crippen molar-refractivity contribution in [1.82, 2.24) is 9.78 Å². The number of aliphatic carboxylic acids is 1. The third-order valence-electron chi connectivity index (χ3n) is 3.04. The number of hydrogen-bond acceptors (Lipinski definition) is 5. The van der Waals surface area contributed by atoms with Crippen LogP contribution in [0.3, 0.4) is 0 Å². The van der Waals surface area contributed by atoms with Crippen molar-refractivity contribution >= 4 is 17.7 Å². The lowest BCUT2D eigenvalue weighted by molar-refractivity contribution is -0.137. The molecule has 8 nitrogen and oxygen atoms in total. The van der Waals surface area contributed by atoms with Gasteiger partial charge in [-0.05, 0) is 18.2 Å². The van der Waals surface area contributed by atoms with E-state index in [1.807, 2.05) is 0 Å². The van der Waals surface area contributed by atoms with Gasteiger partial charge < -0.3 is 19.9 Å².